The van der Waals surface area contributed by atoms with Gasteiger partial charge in [-0.1, -0.05) is 76.6 Å². The summed E-state index contributed by atoms with van der Waals surface area (Å²) < 4.78 is 3.25. The molecule has 0 fully saturated rings. The zero-order chi connectivity index (χ0) is 18.7. The number of para-hydroxylation sites is 1. The summed E-state index contributed by atoms with van der Waals surface area (Å²) >= 11 is 3.57. The summed E-state index contributed by atoms with van der Waals surface area (Å²) in [5.74, 6) is 0.860. The van der Waals surface area contributed by atoms with Crippen LogP contribution in [0.4, 0.5) is 0 Å². The highest BCUT2D eigenvalue weighted by Gasteiger charge is 2.15. The average molecular weight is 424 g/mol. The van der Waals surface area contributed by atoms with E-state index in [0.29, 0.717) is 0 Å². The summed E-state index contributed by atoms with van der Waals surface area (Å²) in [6.45, 7) is 0. The summed E-state index contributed by atoms with van der Waals surface area (Å²) in [5.41, 5.74) is 3.06. The molecule has 0 unspecified atom stereocenters. The Morgan fingerprint density at radius 1 is 0.643 bits per heavy atom. The van der Waals surface area contributed by atoms with E-state index in [9.17, 15) is 0 Å². The van der Waals surface area contributed by atoms with Crippen LogP contribution in [0.25, 0.3) is 49.5 Å². The van der Waals surface area contributed by atoms with Crippen molar-refractivity contribution in [1.29, 1.82) is 0 Å². The Labute approximate surface area is 169 Å². The van der Waals surface area contributed by atoms with E-state index in [2.05, 4.69) is 115 Å². The number of halogens is 1. The second-order valence-corrected chi connectivity index (χ2v) is 7.87. The Kier molecular flexibility index (Phi) is 3.31. The van der Waals surface area contributed by atoms with Gasteiger partial charge in [-0.3, -0.25) is 4.40 Å². The van der Waals surface area contributed by atoms with Crippen molar-refractivity contribution in [2.24, 2.45) is 0 Å². The second kappa shape index (κ2) is 5.88. The molecule has 2 aromatic heterocycles. The maximum Gasteiger partial charge on any atom is 0.169 e. The van der Waals surface area contributed by atoms with Crippen LogP contribution in [0.2, 0.25) is 0 Å². The smallest absolute Gasteiger partial charge is 0.169 e. The van der Waals surface area contributed by atoms with Crippen molar-refractivity contribution in [2.45, 2.75) is 0 Å². The van der Waals surface area contributed by atoms with E-state index in [1.54, 1.807) is 0 Å². The minimum absolute atomic E-state index is 0.860. The molecule has 0 atom stereocenters. The van der Waals surface area contributed by atoms with Crippen LogP contribution < -0.4 is 0 Å². The lowest BCUT2D eigenvalue weighted by molar-refractivity contribution is 1.12. The van der Waals surface area contributed by atoms with Crippen LogP contribution in [0.15, 0.2) is 89.4 Å². The van der Waals surface area contributed by atoms with E-state index in [-0.39, 0.29) is 0 Å². The molecule has 0 radical (unpaired) electrons. The SMILES string of the molecule is Brc1ccc2ccc(-c3nnc4c5ccccc5c5ccccc5n34)cc2c1. The van der Waals surface area contributed by atoms with Crippen LogP contribution in [-0.4, -0.2) is 14.6 Å². The number of benzene rings is 4. The van der Waals surface area contributed by atoms with Crippen LogP contribution in [0, 0.1) is 0 Å². The first-order chi connectivity index (χ1) is 13.8. The molecule has 0 saturated carbocycles. The highest BCUT2D eigenvalue weighted by molar-refractivity contribution is 9.10. The van der Waals surface area contributed by atoms with Crippen LogP contribution >= 0.6 is 15.9 Å². The summed E-state index contributed by atoms with van der Waals surface area (Å²) in [7, 11) is 0. The minimum Gasteiger partial charge on any atom is -0.274 e. The molecule has 2 heterocycles. The van der Waals surface area contributed by atoms with Gasteiger partial charge < -0.3 is 0 Å². The van der Waals surface area contributed by atoms with Crippen molar-refractivity contribution in [3.05, 3.63) is 89.4 Å². The first kappa shape index (κ1) is 15.8. The zero-order valence-electron chi connectivity index (χ0n) is 14.8. The van der Waals surface area contributed by atoms with Gasteiger partial charge in [-0.2, -0.15) is 0 Å². The molecule has 0 aliphatic rings. The molecule has 0 saturated heterocycles. The molecule has 0 N–H and O–H groups in total. The molecule has 132 valence electrons. The van der Waals surface area contributed by atoms with Gasteiger partial charge in [0.1, 0.15) is 0 Å². The molecular weight excluding hydrogens is 410 g/mol. The average Bonchev–Trinajstić information content (AvgIpc) is 3.19. The molecule has 0 bridgehead atoms. The quantitative estimate of drug-likeness (QED) is 0.278. The molecule has 0 amide bonds. The van der Waals surface area contributed by atoms with Crippen molar-refractivity contribution < 1.29 is 0 Å². The van der Waals surface area contributed by atoms with E-state index in [0.717, 1.165) is 32.4 Å². The molecular formula is C24H14BrN3. The van der Waals surface area contributed by atoms with Gasteiger partial charge in [0.2, 0.25) is 0 Å². The van der Waals surface area contributed by atoms with E-state index in [4.69, 9.17) is 0 Å². The predicted molar refractivity (Wildman–Crippen MR) is 119 cm³/mol. The lowest BCUT2D eigenvalue weighted by Gasteiger charge is -2.10. The Hall–Kier alpha value is -3.24. The van der Waals surface area contributed by atoms with Gasteiger partial charge in [0, 0.05) is 20.8 Å². The lowest BCUT2D eigenvalue weighted by Crippen LogP contribution is -1.94. The topological polar surface area (TPSA) is 30.2 Å². The van der Waals surface area contributed by atoms with Gasteiger partial charge in [-0.15, -0.1) is 10.2 Å². The first-order valence-corrected chi connectivity index (χ1v) is 9.93. The molecule has 4 heteroatoms. The fourth-order valence-electron chi connectivity index (χ4n) is 4.04. The fourth-order valence-corrected chi connectivity index (χ4v) is 4.42. The molecule has 4 aromatic carbocycles. The second-order valence-electron chi connectivity index (χ2n) is 6.95. The van der Waals surface area contributed by atoms with Crippen LogP contribution in [-0.2, 0) is 0 Å². The van der Waals surface area contributed by atoms with E-state index in [1.165, 1.54) is 21.5 Å². The Balaban J connectivity index is 1.76. The van der Waals surface area contributed by atoms with Gasteiger partial charge in [0.15, 0.2) is 11.5 Å². The molecule has 0 aliphatic heterocycles. The highest BCUT2D eigenvalue weighted by atomic mass is 79.9. The molecule has 3 nitrogen and oxygen atoms in total. The predicted octanol–water partition coefficient (Wildman–Crippen LogP) is 6.62. The van der Waals surface area contributed by atoms with Crippen molar-refractivity contribution in [3.63, 3.8) is 0 Å². The largest absolute Gasteiger partial charge is 0.274 e. The Bertz CT molecular complexity index is 1530. The van der Waals surface area contributed by atoms with Crippen LogP contribution in [0.3, 0.4) is 0 Å². The van der Waals surface area contributed by atoms with Gasteiger partial charge in [-0.05, 0) is 40.4 Å². The number of nitrogens with zero attached hydrogens (tertiary/aromatic N) is 3. The van der Waals surface area contributed by atoms with Crippen molar-refractivity contribution >= 4 is 54.0 Å². The normalized spacial score (nSPS) is 11.8. The standard InChI is InChI=1S/C24H14BrN3/c25-18-12-11-15-9-10-16(13-17(15)14-18)23-26-27-24-21-7-2-1-5-19(21)20-6-3-4-8-22(20)28(23)24/h1-14H. The van der Waals surface area contributed by atoms with Crippen LogP contribution in [0.1, 0.15) is 0 Å². The molecule has 6 aromatic rings. The highest BCUT2D eigenvalue weighted by Crippen LogP contribution is 2.33. The molecule has 0 aliphatic carbocycles. The van der Waals surface area contributed by atoms with Crippen molar-refractivity contribution in [3.8, 4) is 11.4 Å². The van der Waals surface area contributed by atoms with E-state index >= 15 is 0 Å². The van der Waals surface area contributed by atoms with Gasteiger partial charge in [0.05, 0.1) is 5.52 Å². The van der Waals surface area contributed by atoms with Gasteiger partial charge in [-0.25, -0.2) is 0 Å². The van der Waals surface area contributed by atoms with Gasteiger partial charge in [0.25, 0.3) is 0 Å². The van der Waals surface area contributed by atoms with Gasteiger partial charge >= 0.3 is 0 Å². The first-order valence-electron chi connectivity index (χ1n) is 9.14. The number of hydrogen-bond donors (Lipinski definition) is 0. The van der Waals surface area contributed by atoms with Crippen molar-refractivity contribution in [1.82, 2.24) is 14.6 Å². The maximum absolute atomic E-state index is 4.60. The summed E-state index contributed by atoms with van der Waals surface area (Å²) in [5, 5.41) is 15.1. The van der Waals surface area contributed by atoms with Crippen LogP contribution in [0.5, 0.6) is 0 Å². The lowest BCUT2D eigenvalue weighted by atomic mass is 10.0. The summed E-state index contributed by atoms with van der Waals surface area (Å²) in [6, 6.07) is 29.6. The summed E-state index contributed by atoms with van der Waals surface area (Å²) in [4.78, 5) is 0. The van der Waals surface area contributed by atoms with Crippen molar-refractivity contribution in [2.75, 3.05) is 0 Å². The Morgan fingerprint density at radius 2 is 1.39 bits per heavy atom. The number of pyridine rings is 1. The monoisotopic (exact) mass is 423 g/mol. The number of fused-ring (bicyclic) bond motifs is 7. The Morgan fingerprint density at radius 3 is 2.29 bits per heavy atom. The number of aromatic nitrogens is 3. The third-order valence-corrected chi connectivity index (χ3v) is 5.82. The van der Waals surface area contributed by atoms with E-state index in [1.807, 2.05) is 0 Å². The molecule has 28 heavy (non-hydrogen) atoms. The third kappa shape index (κ3) is 2.21. The zero-order valence-corrected chi connectivity index (χ0v) is 16.4. The number of rotatable bonds is 1. The summed E-state index contributed by atoms with van der Waals surface area (Å²) in [6.07, 6.45) is 0. The maximum atomic E-state index is 4.60. The molecule has 0 spiro atoms. The fraction of sp³-hybridized carbons (Fsp3) is 0. The van der Waals surface area contributed by atoms with E-state index < -0.39 is 0 Å². The molecule has 6 rings (SSSR count). The number of hydrogen-bond acceptors (Lipinski definition) is 2. The minimum atomic E-state index is 0.860. The third-order valence-electron chi connectivity index (χ3n) is 5.33.